The smallest absolute Gasteiger partial charge is 0.383 e. The molecule has 7 nitrogen and oxygen atoms in total. The van der Waals surface area contributed by atoms with E-state index in [-0.39, 0.29) is 42.3 Å². The quantitative estimate of drug-likeness (QED) is 0.0883. The minimum Gasteiger partial charge on any atom is -0.383 e. The van der Waals surface area contributed by atoms with E-state index in [9.17, 15) is 31.5 Å². The first-order chi connectivity index (χ1) is 25.0. The fraction of sp³-hybridized carbons (Fsp3) is 0.205. The number of nitrogens with zero attached hydrogens (tertiary/aromatic N) is 4. The lowest BCUT2D eigenvalue weighted by Gasteiger charge is -2.24. The summed E-state index contributed by atoms with van der Waals surface area (Å²) in [5, 5.41) is 0.810. The molecule has 52 heavy (non-hydrogen) atoms. The second kappa shape index (κ2) is 16.0. The molecule has 0 saturated heterocycles. The molecule has 0 atom stereocenters. The van der Waals surface area contributed by atoms with Gasteiger partial charge in [-0.15, -0.1) is 11.8 Å². The Morgan fingerprint density at radius 1 is 0.904 bits per heavy atom. The van der Waals surface area contributed by atoms with Crippen LogP contribution in [0.3, 0.4) is 0 Å². The maximum absolute atomic E-state index is 14.5. The third-order valence-electron chi connectivity index (χ3n) is 8.50. The van der Waals surface area contributed by atoms with Crippen molar-refractivity contribution in [2.75, 3.05) is 13.7 Å². The molecule has 268 valence electrons. The maximum Gasteiger partial charge on any atom is 0.416 e. The number of thioether (sulfide) groups is 1. The summed E-state index contributed by atoms with van der Waals surface area (Å²) >= 11 is 1.12. The summed E-state index contributed by atoms with van der Waals surface area (Å²) in [6.07, 6.45) is -0.944. The summed E-state index contributed by atoms with van der Waals surface area (Å²) in [7, 11) is 1.60. The summed E-state index contributed by atoms with van der Waals surface area (Å²) in [5.41, 5.74) is 2.35. The summed E-state index contributed by atoms with van der Waals surface area (Å²) in [4.78, 5) is 33.6. The molecule has 0 bridgehead atoms. The summed E-state index contributed by atoms with van der Waals surface area (Å²) in [6.45, 7) is 1.19. The van der Waals surface area contributed by atoms with Crippen LogP contribution in [0.5, 0.6) is 0 Å². The van der Waals surface area contributed by atoms with Crippen LogP contribution in [-0.2, 0) is 47.6 Å². The first kappa shape index (κ1) is 36.5. The zero-order valence-electron chi connectivity index (χ0n) is 27.9. The molecule has 0 saturated carbocycles. The first-order valence-electron chi connectivity index (χ1n) is 16.2. The van der Waals surface area contributed by atoms with Gasteiger partial charge < -0.3 is 18.8 Å². The van der Waals surface area contributed by atoms with E-state index in [1.807, 2.05) is 22.9 Å². The van der Waals surface area contributed by atoms with Crippen molar-refractivity contribution in [3.63, 3.8) is 0 Å². The van der Waals surface area contributed by atoms with Crippen LogP contribution >= 0.6 is 11.8 Å². The highest BCUT2D eigenvalue weighted by molar-refractivity contribution is 7.98. The molecule has 0 aliphatic rings. The topological polar surface area (TPSA) is 69.4 Å². The number of amides is 1. The third kappa shape index (κ3) is 8.60. The monoisotopic (exact) mass is 732 g/mol. The number of rotatable bonds is 13. The number of carbonyl (C=O) groups excluding carboxylic acids is 1. The van der Waals surface area contributed by atoms with E-state index in [1.165, 1.54) is 30.3 Å². The minimum atomic E-state index is -4.43. The van der Waals surface area contributed by atoms with Crippen molar-refractivity contribution in [3.8, 4) is 11.1 Å². The van der Waals surface area contributed by atoms with Gasteiger partial charge in [-0.25, -0.2) is 13.8 Å². The van der Waals surface area contributed by atoms with Gasteiger partial charge in [0.2, 0.25) is 5.91 Å². The Balaban J connectivity index is 1.30. The van der Waals surface area contributed by atoms with Gasteiger partial charge in [-0.2, -0.15) is 13.2 Å². The number of carbonyl (C=O) groups is 1. The number of hydrogen-bond acceptors (Lipinski definition) is 5. The van der Waals surface area contributed by atoms with E-state index in [4.69, 9.17) is 4.74 Å². The number of methoxy groups -OCH3 is 1. The Kier molecular flexibility index (Phi) is 11.2. The second-order valence-corrected chi connectivity index (χ2v) is 13.1. The van der Waals surface area contributed by atoms with Crippen LogP contribution in [-0.4, -0.2) is 38.6 Å². The third-order valence-corrected chi connectivity index (χ3v) is 9.59. The second-order valence-electron chi connectivity index (χ2n) is 12.1. The zero-order valence-corrected chi connectivity index (χ0v) is 28.8. The van der Waals surface area contributed by atoms with E-state index in [0.717, 1.165) is 35.5 Å². The van der Waals surface area contributed by atoms with Gasteiger partial charge >= 0.3 is 6.18 Å². The van der Waals surface area contributed by atoms with Crippen molar-refractivity contribution >= 4 is 28.6 Å². The predicted octanol–water partition coefficient (Wildman–Crippen LogP) is 8.33. The van der Waals surface area contributed by atoms with E-state index < -0.39 is 23.4 Å². The summed E-state index contributed by atoms with van der Waals surface area (Å²) in [6, 6.07) is 24.3. The molecule has 13 heteroatoms. The number of benzene rings is 4. The lowest BCUT2D eigenvalue weighted by molar-refractivity contribution is -0.137. The normalized spacial score (nSPS) is 11.7. The van der Waals surface area contributed by atoms with Gasteiger partial charge in [0, 0.05) is 49.2 Å². The number of hydrogen-bond donors (Lipinski definition) is 0. The Morgan fingerprint density at radius 3 is 2.33 bits per heavy atom. The maximum atomic E-state index is 14.5. The Hall–Kier alpha value is -5.27. The van der Waals surface area contributed by atoms with Crippen LogP contribution in [0.4, 0.5) is 22.0 Å². The molecule has 4 aromatic carbocycles. The fourth-order valence-electron chi connectivity index (χ4n) is 5.74. The molecule has 0 N–H and O–H groups in total. The highest BCUT2D eigenvalue weighted by Gasteiger charge is 2.30. The van der Waals surface area contributed by atoms with E-state index in [1.54, 1.807) is 59.3 Å². The average molecular weight is 733 g/mol. The number of aromatic nitrogens is 3. The molecule has 0 aliphatic carbocycles. The standard InChI is InChI=1S/C39H33F5N4O3S/c1-51-18-17-46-21-31(45-25-46)22-47(20-26-9-11-27(12-10-26)28-13-15-30(16-14-28)39(42,43)44)36(50)23-48-34-8-3-2-6-32(34)35(49)19-37(48)52-24-29-5-4-7-33(40)38(29)41/h2-16,19,21,25H,17-18,20,22-24H2,1H3. The number of halogens is 5. The van der Waals surface area contributed by atoms with Crippen molar-refractivity contribution in [1.82, 2.24) is 19.0 Å². The van der Waals surface area contributed by atoms with Crippen molar-refractivity contribution in [3.05, 3.63) is 154 Å². The number of imidazole rings is 1. The van der Waals surface area contributed by atoms with E-state index >= 15 is 0 Å². The minimum absolute atomic E-state index is 0.0173. The van der Waals surface area contributed by atoms with Gasteiger partial charge in [0.05, 0.1) is 41.3 Å². The Bertz CT molecular complexity index is 2240. The Morgan fingerprint density at radius 2 is 1.62 bits per heavy atom. The first-order valence-corrected chi connectivity index (χ1v) is 17.2. The fourth-order valence-corrected chi connectivity index (χ4v) is 6.78. The van der Waals surface area contributed by atoms with Gasteiger partial charge in [0.15, 0.2) is 17.1 Å². The number of alkyl halides is 3. The highest BCUT2D eigenvalue weighted by atomic mass is 32.2. The SMILES string of the molecule is COCCn1cnc(CN(Cc2ccc(-c3ccc(C(F)(F)F)cc3)cc2)C(=O)Cn2c(SCc3cccc(F)c3F)cc(=O)c3ccccc32)c1. The van der Waals surface area contributed by atoms with Gasteiger partial charge in [-0.1, -0.05) is 60.7 Å². The van der Waals surface area contributed by atoms with Crippen LogP contribution < -0.4 is 5.43 Å². The number of fused-ring (bicyclic) bond motifs is 1. The molecule has 6 aromatic rings. The van der Waals surface area contributed by atoms with Crippen molar-refractivity contribution in [2.24, 2.45) is 0 Å². The van der Waals surface area contributed by atoms with Crippen LogP contribution in [0.2, 0.25) is 0 Å². The number of para-hydroxylation sites is 1. The predicted molar refractivity (Wildman–Crippen MR) is 189 cm³/mol. The molecule has 2 heterocycles. The molecule has 6 rings (SSSR count). The van der Waals surface area contributed by atoms with Gasteiger partial charge in [0.25, 0.3) is 0 Å². The average Bonchev–Trinajstić information content (AvgIpc) is 3.59. The van der Waals surface area contributed by atoms with Gasteiger partial charge in [0.1, 0.15) is 6.54 Å². The van der Waals surface area contributed by atoms with Gasteiger partial charge in [-0.05, 0) is 47.0 Å². The van der Waals surface area contributed by atoms with Crippen LogP contribution in [0.15, 0.2) is 119 Å². The van der Waals surface area contributed by atoms with Crippen molar-refractivity contribution in [2.45, 2.75) is 43.1 Å². The molecule has 1 amide bonds. The van der Waals surface area contributed by atoms with Crippen LogP contribution in [0, 0.1) is 11.6 Å². The molecular formula is C39H33F5N4O3S. The van der Waals surface area contributed by atoms with Crippen molar-refractivity contribution < 1.29 is 31.5 Å². The molecule has 0 fully saturated rings. The lowest BCUT2D eigenvalue weighted by atomic mass is 10.0. The molecule has 0 aliphatic heterocycles. The Labute approximate surface area is 300 Å². The van der Waals surface area contributed by atoms with E-state index in [0.29, 0.717) is 45.9 Å². The largest absolute Gasteiger partial charge is 0.416 e. The lowest BCUT2D eigenvalue weighted by Crippen LogP contribution is -2.34. The number of ether oxygens (including phenoxy) is 1. The molecular weight excluding hydrogens is 700 g/mol. The zero-order chi connectivity index (χ0) is 36.8. The van der Waals surface area contributed by atoms with Crippen LogP contribution in [0.1, 0.15) is 22.4 Å². The molecule has 0 radical (unpaired) electrons. The summed E-state index contributed by atoms with van der Waals surface area (Å²) < 4.78 is 76.5. The van der Waals surface area contributed by atoms with Crippen molar-refractivity contribution in [1.29, 1.82) is 0 Å². The summed E-state index contributed by atoms with van der Waals surface area (Å²) in [5.74, 6) is -2.23. The van der Waals surface area contributed by atoms with E-state index in [2.05, 4.69) is 4.98 Å². The molecule has 2 aromatic heterocycles. The molecule has 0 spiro atoms. The highest BCUT2D eigenvalue weighted by Crippen LogP contribution is 2.31. The van der Waals surface area contributed by atoms with Crippen LogP contribution in [0.25, 0.3) is 22.0 Å². The van der Waals surface area contributed by atoms with Gasteiger partial charge in [-0.3, -0.25) is 9.59 Å². The molecule has 0 unspecified atom stereocenters. The number of pyridine rings is 1.